The van der Waals surface area contributed by atoms with Gasteiger partial charge in [-0.15, -0.1) is 0 Å². The second-order valence-electron chi connectivity index (χ2n) is 4.68. The molecular weight excluding hydrogens is 222 g/mol. The molecule has 0 aliphatic rings. The lowest BCUT2D eigenvalue weighted by molar-refractivity contribution is 0.561. The molecule has 18 heavy (non-hydrogen) atoms. The normalized spacial score (nSPS) is 12.4. The summed E-state index contributed by atoms with van der Waals surface area (Å²) < 4.78 is 0. The van der Waals surface area contributed by atoms with Gasteiger partial charge >= 0.3 is 0 Å². The fraction of sp³-hybridized carbons (Fsp3) is 0.333. The molecule has 0 saturated carbocycles. The number of hydrogen-bond donors (Lipinski definition) is 1. The van der Waals surface area contributed by atoms with E-state index < -0.39 is 0 Å². The molecule has 1 heterocycles. The quantitative estimate of drug-likeness (QED) is 0.894. The lowest BCUT2D eigenvalue weighted by atomic mass is 10.00. The summed E-state index contributed by atoms with van der Waals surface area (Å²) in [5, 5.41) is 11.4. The number of aromatic nitrogens is 2. The molecule has 0 saturated heterocycles. The maximum absolute atomic E-state index is 4.07. The Bertz CT molecular complexity index is 508. The van der Waals surface area contributed by atoms with Gasteiger partial charge in [0.1, 0.15) is 0 Å². The molecule has 2 rings (SSSR count). The molecule has 1 atom stereocenters. The molecule has 1 unspecified atom stereocenters. The molecule has 3 nitrogen and oxygen atoms in total. The van der Waals surface area contributed by atoms with Crippen LogP contribution in [0.5, 0.6) is 0 Å². The van der Waals surface area contributed by atoms with E-state index in [2.05, 4.69) is 54.5 Å². The van der Waals surface area contributed by atoms with Crippen LogP contribution < -0.4 is 5.32 Å². The van der Waals surface area contributed by atoms with Crippen LogP contribution >= 0.6 is 0 Å². The van der Waals surface area contributed by atoms with Crippen molar-refractivity contribution in [3.63, 3.8) is 0 Å². The largest absolute Gasteiger partial charge is 0.304 e. The van der Waals surface area contributed by atoms with E-state index in [0.29, 0.717) is 6.04 Å². The van der Waals surface area contributed by atoms with Crippen LogP contribution in [0, 0.1) is 13.8 Å². The van der Waals surface area contributed by atoms with Gasteiger partial charge in [-0.05, 0) is 44.0 Å². The Morgan fingerprint density at radius 3 is 2.78 bits per heavy atom. The second-order valence-corrected chi connectivity index (χ2v) is 4.68. The highest BCUT2D eigenvalue weighted by molar-refractivity contribution is 5.32. The van der Waals surface area contributed by atoms with E-state index in [1.54, 1.807) is 6.20 Å². The van der Waals surface area contributed by atoms with Crippen LogP contribution in [0.3, 0.4) is 0 Å². The Kier molecular flexibility index (Phi) is 4.05. The molecule has 2 aromatic rings. The van der Waals surface area contributed by atoms with E-state index >= 15 is 0 Å². The summed E-state index contributed by atoms with van der Waals surface area (Å²) in [6.45, 7) is 7.19. The molecule has 0 radical (unpaired) electrons. The Balaban J connectivity index is 2.03. The Morgan fingerprint density at radius 2 is 2.06 bits per heavy atom. The van der Waals surface area contributed by atoms with Gasteiger partial charge in [0.05, 0.1) is 5.69 Å². The van der Waals surface area contributed by atoms with Gasteiger partial charge in [-0.25, -0.2) is 0 Å². The highest BCUT2D eigenvalue weighted by Crippen LogP contribution is 2.19. The van der Waals surface area contributed by atoms with Gasteiger partial charge in [0.2, 0.25) is 0 Å². The standard InChI is InChI=1S/C15H19N3/c1-11-6-7-12(2)15(9-11)13(3)16-10-14-5-4-8-17-18-14/h4-9,13,16H,10H2,1-3H3. The SMILES string of the molecule is Cc1ccc(C)c(C(C)NCc2cccnn2)c1. The van der Waals surface area contributed by atoms with Crippen molar-refractivity contribution < 1.29 is 0 Å². The first-order valence-electron chi connectivity index (χ1n) is 6.24. The molecule has 94 valence electrons. The van der Waals surface area contributed by atoms with Crippen LogP contribution in [0.1, 0.15) is 35.3 Å². The van der Waals surface area contributed by atoms with Crippen LogP contribution in [0.2, 0.25) is 0 Å². The first-order valence-corrected chi connectivity index (χ1v) is 6.24. The minimum absolute atomic E-state index is 0.312. The molecule has 1 aromatic carbocycles. The van der Waals surface area contributed by atoms with Crippen LogP contribution in [-0.2, 0) is 6.54 Å². The lowest BCUT2D eigenvalue weighted by Crippen LogP contribution is -2.19. The smallest absolute Gasteiger partial charge is 0.0769 e. The summed E-state index contributed by atoms with van der Waals surface area (Å²) in [5.41, 5.74) is 4.93. The maximum atomic E-state index is 4.07. The average Bonchev–Trinajstić information content (AvgIpc) is 2.40. The molecule has 1 N–H and O–H groups in total. The second kappa shape index (κ2) is 5.74. The summed E-state index contributed by atoms with van der Waals surface area (Å²) in [6.07, 6.45) is 1.69. The van der Waals surface area contributed by atoms with Crippen LogP contribution in [0.25, 0.3) is 0 Å². The fourth-order valence-corrected chi connectivity index (χ4v) is 2.02. The fourth-order valence-electron chi connectivity index (χ4n) is 2.02. The predicted octanol–water partition coefficient (Wildman–Crippen LogP) is 2.94. The Labute approximate surface area is 108 Å². The van der Waals surface area contributed by atoms with E-state index in [-0.39, 0.29) is 0 Å². The van der Waals surface area contributed by atoms with Gasteiger partial charge in [-0.2, -0.15) is 10.2 Å². The third-order valence-corrected chi connectivity index (χ3v) is 3.12. The van der Waals surface area contributed by atoms with Crippen LogP contribution in [0.15, 0.2) is 36.5 Å². The summed E-state index contributed by atoms with van der Waals surface area (Å²) in [5.74, 6) is 0. The topological polar surface area (TPSA) is 37.8 Å². The highest BCUT2D eigenvalue weighted by atomic mass is 15.1. The Morgan fingerprint density at radius 1 is 1.22 bits per heavy atom. The van der Waals surface area contributed by atoms with Crippen molar-refractivity contribution in [1.82, 2.24) is 15.5 Å². The summed E-state index contributed by atoms with van der Waals surface area (Å²) >= 11 is 0. The number of nitrogens with one attached hydrogen (secondary N) is 1. The van der Waals surface area contributed by atoms with Crippen molar-refractivity contribution >= 4 is 0 Å². The van der Waals surface area contributed by atoms with Crippen LogP contribution in [-0.4, -0.2) is 10.2 Å². The van der Waals surface area contributed by atoms with Crippen molar-refractivity contribution in [2.45, 2.75) is 33.4 Å². The molecule has 0 fully saturated rings. The zero-order valence-corrected chi connectivity index (χ0v) is 11.1. The molecule has 0 aliphatic carbocycles. The van der Waals surface area contributed by atoms with Crippen LogP contribution in [0.4, 0.5) is 0 Å². The minimum Gasteiger partial charge on any atom is -0.304 e. The zero-order chi connectivity index (χ0) is 13.0. The number of rotatable bonds is 4. The van der Waals surface area contributed by atoms with Gasteiger partial charge in [0.15, 0.2) is 0 Å². The van der Waals surface area contributed by atoms with E-state index in [9.17, 15) is 0 Å². The number of aryl methyl sites for hydroxylation is 2. The van der Waals surface area contributed by atoms with Gasteiger partial charge in [0.25, 0.3) is 0 Å². The number of benzene rings is 1. The molecule has 0 bridgehead atoms. The average molecular weight is 241 g/mol. The van der Waals surface area contributed by atoms with Gasteiger partial charge in [-0.3, -0.25) is 0 Å². The monoisotopic (exact) mass is 241 g/mol. The van der Waals surface area contributed by atoms with E-state index in [1.165, 1.54) is 16.7 Å². The first kappa shape index (κ1) is 12.7. The first-order chi connectivity index (χ1) is 8.66. The van der Waals surface area contributed by atoms with Crippen molar-refractivity contribution in [2.24, 2.45) is 0 Å². The lowest BCUT2D eigenvalue weighted by Gasteiger charge is -2.17. The predicted molar refractivity (Wildman–Crippen MR) is 73.2 cm³/mol. The van der Waals surface area contributed by atoms with Gasteiger partial charge in [0, 0.05) is 18.8 Å². The van der Waals surface area contributed by atoms with E-state index in [0.717, 1.165) is 12.2 Å². The molecule has 1 aromatic heterocycles. The molecular formula is C15H19N3. The molecule has 0 spiro atoms. The summed E-state index contributed by atoms with van der Waals surface area (Å²) in [7, 11) is 0. The minimum atomic E-state index is 0.312. The van der Waals surface area contributed by atoms with E-state index in [4.69, 9.17) is 0 Å². The summed E-state index contributed by atoms with van der Waals surface area (Å²) in [6, 6.07) is 10.8. The molecule has 0 aliphatic heterocycles. The summed E-state index contributed by atoms with van der Waals surface area (Å²) in [4.78, 5) is 0. The number of nitrogens with zero attached hydrogens (tertiary/aromatic N) is 2. The molecule has 0 amide bonds. The molecule has 3 heteroatoms. The number of hydrogen-bond acceptors (Lipinski definition) is 3. The van der Waals surface area contributed by atoms with Crippen molar-refractivity contribution in [2.75, 3.05) is 0 Å². The third-order valence-electron chi connectivity index (χ3n) is 3.12. The van der Waals surface area contributed by atoms with Gasteiger partial charge in [-0.1, -0.05) is 23.8 Å². The Hall–Kier alpha value is -1.74. The zero-order valence-electron chi connectivity index (χ0n) is 11.1. The maximum Gasteiger partial charge on any atom is 0.0769 e. The highest BCUT2D eigenvalue weighted by Gasteiger charge is 2.08. The van der Waals surface area contributed by atoms with Gasteiger partial charge < -0.3 is 5.32 Å². The van der Waals surface area contributed by atoms with Crippen molar-refractivity contribution in [1.29, 1.82) is 0 Å². The van der Waals surface area contributed by atoms with E-state index in [1.807, 2.05) is 12.1 Å². The third kappa shape index (κ3) is 3.14. The van der Waals surface area contributed by atoms with Crippen molar-refractivity contribution in [3.8, 4) is 0 Å². The van der Waals surface area contributed by atoms with Crippen molar-refractivity contribution in [3.05, 3.63) is 58.9 Å².